The van der Waals surface area contributed by atoms with Crippen LogP contribution in [0.5, 0.6) is 0 Å². The van der Waals surface area contributed by atoms with Crippen LogP contribution in [0.1, 0.15) is 40.0 Å². The molecular weight excluding hydrogens is 242 g/mol. The Labute approximate surface area is 116 Å². The molecule has 0 radical (unpaired) electrons. The monoisotopic (exact) mass is 271 g/mol. The molecule has 0 saturated carbocycles. The molecule has 5 nitrogen and oxygen atoms in total. The summed E-state index contributed by atoms with van der Waals surface area (Å²) < 4.78 is 0. The number of carbonyl (C=O) groups is 1. The van der Waals surface area contributed by atoms with E-state index in [1.807, 2.05) is 18.7 Å². The molecule has 1 amide bonds. The van der Waals surface area contributed by atoms with E-state index in [0.717, 1.165) is 32.5 Å². The minimum atomic E-state index is -0.311. The first-order valence-corrected chi connectivity index (χ1v) is 7.39. The highest BCUT2D eigenvalue weighted by atomic mass is 16.3. The Balaban J connectivity index is 2.46. The standard InChI is InChI=1S/C14H29N3O2/c1-4-13-10-17(14(19)6-5-11(2)15)8-7-16(13)9-12(3)18/h11-13,18H,4-10,15H2,1-3H3. The summed E-state index contributed by atoms with van der Waals surface area (Å²) in [4.78, 5) is 16.3. The van der Waals surface area contributed by atoms with Gasteiger partial charge in [-0.25, -0.2) is 0 Å². The molecule has 3 unspecified atom stereocenters. The minimum Gasteiger partial charge on any atom is -0.392 e. The maximum atomic E-state index is 12.1. The lowest BCUT2D eigenvalue weighted by molar-refractivity contribution is -0.134. The van der Waals surface area contributed by atoms with Crippen molar-refractivity contribution in [3.05, 3.63) is 0 Å². The number of nitrogens with zero attached hydrogens (tertiary/aromatic N) is 2. The van der Waals surface area contributed by atoms with Gasteiger partial charge in [-0.2, -0.15) is 0 Å². The zero-order valence-corrected chi connectivity index (χ0v) is 12.5. The number of piperazine rings is 1. The van der Waals surface area contributed by atoms with Crippen LogP contribution in [0.15, 0.2) is 0 Å². The molecule has 0 aliphatic carbocycles. The third-order valence-electron chi connectivity index (χ3n) is 3.74. The quantitative estimate of drug-likeness (QED) is 0.734. The third-order valence-corrected chi connectivity index (χ3v) is 3.74. The second-order valence-electron chi connectivity index (χ2n) is 5.76. The molecule has 1 saturated heterocycles. The summed E-state index contributed by atoms with van der Waals surface area (Å²) in [5, 5.41) is 9.50. The van der Waals surface area contributed by atoms with Crippen LogP contribution >= 0.6 is 0 Å². The van der Waals surface area contributed by atoms with E-state index >= 15 is 0 Å². The van der Waals surface area contributed by atoms with Crippen LogP contribution in [0.2, 0.25) is 0 Å². The van der Waals surface area contributed by atoms with Gasteiger partial charge in [0.05, 0.1) is 6.10 Å². The summed E-state index contributed by atoms with van der Waals surface area (Å²) in [6, 6.07) is 0.449. The molecule has 0 bridgehead atoms. The molecular formula is C14H29N3O2. The number of hydrogen-bond acceptors (Lipinski definition) is 4. The number of aliphatic hydroxyl groups is 1. The smallest absolute Gasteiger partial charge is 0.222 e. The molecule has 1 fully saturated rings. The van der Waals surface area contributed by atoms with E-state index in [2.05, 4.69) is 11.8 Å². The van der Waals surface area contributed by atoms with Gasteiger partial charge in [0.15, 0.2) is 0 Å². The average molecular weight is 271 g/mol. The fraction of sp³-hybridized carbons (Fsp3) is 0.929. The van der Waals surface area contributed by atoms with Gasteiger partial charge in [0, 0.05) is 44.7 Å². The van der Waals surface area contributed by atoms with Gasteiger partial charge in [-0.05, 0) is 26.7 Å². The van der Waals surface area contributed by atoms with Crippen LogP contribution in [0.4, 0.5) is 0 Å². The zero-order chi connectivity index (χ0) is 14.4. The summed E-state index contributed by atoms with van der Waals surface area (Å²) >= 11 is 0. The number of hydrogen-bond donors (Lipinski definition) is 2. The number of aliphatic hydroxyl groups excluding tert-OH is 1. The Morgan fingerprint density at radius 1 is 1.42 bits per heavy atom. The predicted molar refractivity (Wildman–Crippen MR) is 76.8 cm³/mol. The normalized spacial score (nSPS) is 24.3. The van der Waals surface area contributed by atoms with Crippen LogP contribution in [-0.2, 0) is 4.79 Å². The van der Waals surface area contributed by atoms with Gasteiger partial charge in [-0.3, -0.25) is 9.69 Å². The molecule has 1 aliphatic heterocycles. The molecule has 19 heavy (non-hydrogen) atoms. The van der Waals surface area contributed by atoms with Crippen molar-refractivity contribution in [2.45, 2.75) is 58.2 Å². The van der Waals surface area contributed by atoms with Gasteiger partial charge < -0.3 is 15.7 Å². The molecule has 3 N–H and O–H groups in total. The molecule has 0 aromatic carbocycles. The molecule has 112 valence electrons. The summed E-state index contributed by atoms with van der Waals surface area (Å²) in [5.41, 5.74) is 5.69. The predicted octanol–water partition coefficient (Wildman–Crippen LogP) is 0.417. The summed E-state index contributed by atoms with van der Waals surface area (Å²) in [6.45, 7) is 8.97. The topological polar surface area (TPSA) is 69.8 Å². The Bertz CT molecular complexity index is 282. The minimum absolute atomic E-state index is 0.0856. The van der Waals surface area contributed by atoms with Crippen LogP contribution in [0.25, 0.3) is 0 Å². The number of carbonyl (C=O) groups excluding carboxylic acids is 1. The zero-order valence-electron chi connectivity index (χ0n) is 12.5. The lowest BCUT2D eigenvalue weighted by atomic mass is 10.1. The molecule has 5 heteroatoms. The second kappa shape index (κ2) is 7.82. The highest BCUT2D eigenvalue weighted by Crippen LogP contribution is 2.15. The van der Waals surface area contributed by atoms with E-state index in [9.17, 15) is 9.90 Å². The summed E-state index contributed by atoms with van der Waals surface area (Å²) in [7, 11) is 0. The van der Waals surface area contributed by atoms with Gasteiger partial charge in [0.1, 0.15) is 0 Å². The fourth-order valence-corrected chi connectivity index (χ4v) is 2.60. The van der Waals surface area contributed by atoms with E-state index in [0.29, 0.717) is 19.0 Å². The number of amides is 1. The van der Waals surface area contributed by atoms with Crippen molar-refractivity contribution >= 4 is 5.91 Å². The molecule has 3 atom stereocenters. The van der Waals surface area contributed by atoms with Crippen LogP contribution in [0, 0.1) is 0 Å². The maximum Gasteiger partial charge on any atom is 0.222 e. The van der Waals surface area contributed by atoms with E-state index in [1.54, 1.807) is 0 Å². The van der Waals surface area contributed by atoms with Crippen molar-refractivity contribution in [3.63, 3.8) is 0 Å². The van der Waals surface area contributed by atoms with Gasteiger partial charge in [-0.1, -0.05) is 6.92 Å². The molecule has 0 aromatic rings. The molecule has 1 rings (SSSR count). The first-order chi connectivity index (χ1) is 8.93. The van der Waals surface area contributed by atoms with Gasteiger partial charge in [0.2, 0.25) is 5.91 Å². The summed E-state index contributed by atoms with van der Waals surface area (Å²) in [6.07, 6.45) is 1.99. The van der Waals surface area contributed by atoms with E-state index in [-0.39, 0.29) is 18.1 Å². The highest BCUT2D eigenvalue weighted by molar-refractivity contribution is 5.76. The van der Waals surface area contributed by atoms with Crippen LogP contribution in [-0.4, -0.2) is 65.2 Å². The third kappa shape index (κ3) is 5.47. The number of nitrogens with two attached hydrogens (primary N) is 1. The summed E-state index contributed by atoms with van der Waals surface area (Å²) in [5.74, 6) is 0.215. The first kappa shape index (κ1) is 16.4. The number of β-amino-alcohol motifs (C(OH)–C–C–N with tert-alkyl or cyclic N) is 1. The SMILES string of the molecule is CCC1CN(C(=O)CCC(C)N)CCN1CC(C)O. The van der Waals surface area contributed by atoms with E-state index < -0.39 is 0 Å². The van der Waals surface area contributed by atoms with Crippen LogP contribution < -0.4 is 5.73 Å². The van der Waals surface area contributed by atoms with E-state index in [1.165, 1.54) is 0 Å². The van der Waals surface area contributed by atoms with Gasteiger partial charge in [0.25, 0.3) is 0 Å². The fourth-order valence-electron chi connectivity index (χ4n) is 2.60. The van der Waals surface area contributed by atoms with Crippen molar-refractivity contribution in [2.24, 2.45) is 5.73 Å². The molecule has 1 aliphatic rings. The Morgan fingerprint density at radius 2 is 2.11 bits per heavy atom. The Kier molecular flexibility index (Phi) is 6.75. The molecule has 0 spiro atoms. The van der Waals surface area contributed by atoms with Crippen molar-refractivity contribution in [1.29, 1.82) is 0 Å². The Hall–Kier alpha value is -0.650. The average Bonchev–Trinajstić information content (AvgIpc) is 2.35. The van der Waals surface area contributed by atoms with Crippen LogP contribution in [0.3, 0.4) is 0 Å². The van der Waals surface area contributed by atoms with Gasteiger partial charge in [-0.15, -0.1) is 0 Å². The largest absolute Gasteiger partial charge is 0.392 e. The molecule has 1 heterocycles. The van der Waals surface area contributed by atoms with Crippen molar-refractivity contribution < 1.29 is 9.90 Å². The lowest BCUT2D eigenvalue weighted by Crippen LogP contribution is -2.55. The maximum absolute atomic E-state index is 12.1. The first-order valence-electron chi connectivity index (χ1n) is 7.39. The van der Waals surface area contributed by atoms with Crippen molar-refractivity contribution in [2.75, 3.05) is 26.2 Å². The van der Waals surface area contributed by atoms with Gasteiger partial charge >= 0.3 is 0 Å². The van der Waals surface area contributed by atoms with Crippen molar-refractivity contribution in [1.82, 2.24) is 9.80 Å². The molecule has 0 aromatic heterocycles. The van der Waals surface area contributed by atoms with Crippen molar-refractivity contribution in [3.8, 4) is 0 Å². The highest BCUT2D eigenvalue weighted by Gasteiger charge is 2.28. The van der Waals surface area contributed by atoms with E-state index in [4.69, 9.17) is 5.73 Å². The second-order valence-corrected chi connectivity index (χ2v) is 5.76. The Morgan fingerprint density at radius 3 is 2.63 bits per heavy atom. The lowest BCUT2D eigenvalue weighted by Gasteiger charge is -2.41. The number of rotatable bonds is 6.